The lowest BCUT2D eigenvalue weighted by Crippen LogP contribution is -2.32. The minimum Gasteiger partial charge on any atom is -0.490 e. The number of hydrogen-bond donors (Lipinski definition) is 2. The lowest BCUT2D eigenvalue weighted by Gasteiger charge is -2.13. The first-order valence-electron chi connectivity index (χ1n) is 4.94. The smallest absolute Gasteiger partial charge is 0.313 e. The van der Waals surface area contributed by atoms with Gasteiger partial charge in [0.1, 0.15) is 6.04 Å². The first-order valence-corrected chi connectivity index (χ1v) is 4.94. The van der Waals surface area contributed by atoms with Crippen molar-refractivity contribution in [2.45, 2.75) is 13.0 Å². The van der Waals surface area contributed by atoms with Crippen LogP contribution in [-0.2, 0) is 4.79 Å². The average molecular weight is 257 g/mol. The molecule has 0 aromatic heterocycles. The SMILES string of the molecule is COc1cc(NC(C)C(N)=O)c(F)cc1[N+](=O)[O-]. The highest BCUT2D eigenvalue weighted by atomic mass is 19.1. The monoisotopic (exact) mass is 257 g/mol. The highest BCUT2D eigenvalue weighted by Gasteiger charge is 2.20. The van der Waals surface area contributed by atoms with E-state index >= 15 is 0 Å². The Hall–Kier alpha value is -2.38. The summed E-state index contributed by atoms with van der Waals surface area (Å²) in [5, 5.41) is 13.1. The second-order valence-corrected chi connectivity index (χ2v) is 3.53. The van der Waals surface area contributed by atoms with E-state index in [-0.39, 0.29) is 11.4 Å². The van der Waals surface area contributed by atoms with Gasteiger partial charge >= 0.3 is 5.69 Å². The van der Waals surface area contributed by atoms with Gasteiger partial charge in [0.2, 0.25) is 5.91 Å². The zero-order valence-corrected chi connectivity index (χ0v) is 9.77. The molecule has 8 heteroatoms. The number of nitro benzene ring substituents is 1. The number of ether oxygens (including phenoxy) is 1. The molecule has 0 heterocycles. The fraction of sp³-hybridized carbons (Fsp3) is 0.300. The first kappa shape index (κ1) is 13.7. The number of primary amides is 1. The third kappa shape index (κ3) is 2.84. The van der Waals surface area contributed by atoms with Crippen molar-refractivity contribution in [3.63, 3.8) is 0 Å². The quantitative estimate of drug-likeness (QED) is 0.605. The van der Waals surface area contributed by atoms with Gasteiger partial charge in [0.05, 0.1) is 23.8 Å². The second-order valence-electron chi connectivity index (χ2n) is 3.53. The topological polar surface area (TPSA) is 107 Å². The largest absolute Gasteiger partial charge is 0.490 e. The van der Waals surface area contributed by atoms with Crippen molar-refractivity contribution < 1.29 is 18.8 Å². The molecular weight excluding hydrogens is 245 g/mol. The van der Waals surface area contributed by atoms with E-state index in [1.54, 1.807) is 0 Å². The highest BCUT2D eigenvalue weighted by Crippen LogP contribution is 2.32. The van der Waals surface area contributed by atoms with E-state index in [4.69, 9.17) is 10.5 Å². The number of amides is 1. The van der Waals surface area contributed by atoms with Gasteiger partial charge in [0.25, 0.3) is 0 Å². The van der Waals surface area contributed by atoms with Gasteiger partial charge in [0, 0.05) is 6.07 Å². The highest BCUT2D eigenvalue weighted by molar-refractivity contribution is 5.82. The van der Waals surface area contributed by atoms with Crippen LogP contribution in [-0.4, -0.2) is 24.0 Å². The number of anilines is 1. The molecular formula is C10H12FN3O4. The van der Waals surface area contributed by atoms with Crippen LogP contribution >= 0.6 is 0 Å². The second kappa shape index (κ2) is 5.30. The maximum absolute atomic E-state index is 13.6. The molecule has 18 heavy (non-hydrogen) atoms. The Morgan fingerprint density at radius 3 is 2.67 bits per heavy atom. The van der Waals surface area contributed by atoms with Crippen LogP contribution in [0.25, 0.3) is 0 Å². The predicted molar refractivity (Wildman–Crippen MR) is 61.9 cm³/mol. The van der Waals surface area contributed by atoms with Gasteiger partial charge in [-0.25, -0.2) is 4.39 Å². The summed E-state index contributed by atoms with van der Waals surface area (Å²) in [6, 6.07) is 1.01. The minimum atomic E-state index is -0.865. The molecule has 1 aromatic carbocycles. The summed E-state index contributed by atoms with van der Waals surface area (Å²) in [6.45, 7) is 1.44. The first-order chi connectivity index (χ1) is 8.36. The third-order valence-electron chi connectivity index (χ3n) is 2.26. The Morgan fingerprint density at radius 2 is 2.22 bits per heavy atom. The van der Waals surface area contributed by atoms with E-state index in [1.165, 1.54) is 14.0 Å². The number of carbonyl (C=O) groups excluding carboxylic acids is 1. The summed E-state index contributed by atoms with van der Waals surface area (Å²) in [4.78, 5) is 20.7. The Kier molecular flexibility index (Phi) is 4.03. The molecule has 0 bridgehead atoms. The van der Waals surface area contributed by atoms with Gasteiger partial charge in [-0.3, -0.25) is 14.9 Å². The van der Waals surface area contributed by atoms with Gasteiger partial charge in [-0.15, -0.1) is 0 Å². The number of nitrogens with one attached hydrogen (secondary N) is 1. The molecule has 1 amide bonds. The van der Waals surface area contributed by atoms with Gasteiger partial charge in [-0.1, -0.05) is 0 Å². The number of carbonyl (C=O) groups is 1. The van der Waals surface area contributed by atoms with Gasteiger partial charge in [0.15, 0.2) is 11.6 Å². The molecule has 0 aliphatic carbocycles. The standard InChI is InChI=1S/C10H12FN3O4/c1-5(10(12)15)13-7-4-9(18-2)8(14(16)17)3-6(7)11/h3-5,13H,1-2H3,(H2,12,15). The fourth-order valence-electron chi connectivity index (χ4n) is 1.26. The lowest BCUT2D eigenvalue weighted by atomic mass is 10.2. The molecule has 1 aromatic rings. The molecule has 1 unspecified atom stereocenters. The van der Waals surface area contributed by atoms with Crippen LogP contribution in [0.5, 0.6) is 5.75 Å². The third-order valence-corrected chi connectivity index (χ3v) is 2.26. The summed E-state index contributed by atoms with van der Waals surface area (Å²) in [5.74, 6) is -1.65. The number of hydrogen-bond acceptors (Lipinski definition) is 5. The number of nitrogens with two attached hydrogens (primary N) is 1. The molecule has 98 valence electrons. The van der Waals surface area contributed by atoms with Crippen molar-refractivity contribution >= 4 is 17.3 Å². The van der Waals surface area contributed by atoms with Crippen molar-refractivity contribution in [2.75, 3.05) is 12.4 Å². The molecule has 0 spiro atoms. The lowest BCUT2D eigenvalue weighted by molar-refractivity contribution is -0.385. The normalized spacial score (nSPS) is 11.7. The molecule has 1 atom stereocenters. The number of benzene rings is 1. The number of methoxy groups -OCH3 is 1. The van der Waals surface area contributed by atoms with E-state index in [1.807, 2.05) is 0 Å². The Labute approximate surface area is 102 Å². The van der Waals surface area contributed by atoms with Crippen LogP contribution in [0.15, 0.2) is 12.1 Å². The summed E-state index contributed by atoms with van der Waals surface area (Å²) in [7, 11) is 1.22. The van der Waals surface area contributed by atoms with Crippen LogP contribution in [0.4, 0.5) is 15.8 Å². The van der Waals surface area contributed by atoms with Crippen molar-refractivity contribution in [2.24, 2.45) is 5.73 Å². The van der Waals surface area contributed by atoms with Gasteiger partial charge in [-0.2, -0.15) is 0 Å². The van der Waals surface area contributed by atoms with E-state index in [0.717, 1.165) is 12.1 Å². The summed E-state index contributed by atoms with van der Waals surface area (Å²) >= 11 is 0. The van der Waals surface area contributed by atoms with Crippen molar-refractivity contribution in [3.8, 4) is 5.75 Å². The minimum absolute atomic E-state index is 0.0937. The summed E-state index contributed by atoms with van der Waals surface area (Å²) in [6.07, 6.45) is 0. The van der Waals surface area contributed by atoms with Crippen LogP contribution in [0.3, 0.4) is 0 Å². The molecule has 0 aliphatic heterocycles. The predicted octanol–water partition coefficient (Wildman–Crippen LogP) is 1.03. The van der Waals surface area contributed by atoms with Crippen LogP contribution < -0.4 is 15.8 Å². The number of nitrogens with zero attached hydrogens (tertiary/aromatic N) is 1. The van der Waals surface area contributed by atoms with Crippen LogP contribution in [0, 0.1) is 15.9 Å². The zero-order valence-electron chi connectivity index (χ0n) is 9.77. The van der Waals surface area contributed by atoms with Gasteiger partial charge < -0.3 is 15.8 Å². The number of halogens is 1. The molecule has 1 rings (SSSR count). The Balaban J connectivity index is 3.15. The zero-order chi connectivity index (χ0) is 13.9. The molecule has 7 nitrogen and oxygen atoms in total. The van der Waals surface area contributed by atoms with Crippen molar-refractivity contribution in [1.82, 2.24) is 0 Å². The molecule has 0 radical (unpaired) electrons. The molecule has 0 aliphatic rings. The summed E-state index contributed by atoms with van der Waals surface area (Å²) in [5.41, 5.74) is 4.43. The molecule has 0 saturated heterocycles. The molecule has 3 N–H and O–H groups in total. The maximum atomic E-state index is 13.6. The van der Waals surface area contributed by atoms with E-state index in [2.05, 4.69) is 5.32 Å². The van der Waals surface area contributed by atoms with Crippen molar-refractivity contribution in [1.29, 1.82) is 0 Å². The summed E-state index contributed by atoms with van der Waals surface area (Å²) < 4.78 is 18.4. The number of rotatable bonds is 5. The van der Waals surface area contributed by atoms with Crippen LogP contribution in [0.2, 0.25) is 0 Å². The Bertz CT molecular complexity index is 492. The maximum Gasteiger partial charge on any atom is 0.313 e. The molecule has 0 fully saturated rings. The van der Waals surface area contributed by atoms with Crippen molar-refractivity contribution in [3.05, 3.63) is 28.1 Å². The van der Waals surface area contributed by atoms with E-state index in [9.17, 15) is 19.3 Å². The van der Waals surface area contributed by atoms with Gasteiger partial charge in [-0.05, 0) is 6.92 Å². The Morgan fingerprint density at radius 1 is 1.61 bits per heavy atom. The average Bonchev–Trinajstić information content (AvgIpc) is 2.30. The van der Waals surface area contributed by atoms with Crippen LogP contribution in [0.1, 0.15) is 6.92 Å². The molecule has 0 saturated carbocycles. The number of nitro groups is 1. The van der Waals surface area contributed by atoms with E-state index < -0.39 is 28.4 Å². The fourth-order valence-corrected chi connectivity index (χ4v) is 1.26. The van der Waals surface area contributed by atoms with E-state index in [0.29, 0.717) is 0 Å².